The molecule has 0 spiro atoms. The van der Waals surface area contributed by atoms with Crippen LogP contribution in [-0.4, -0.2) is 30.5 Å². The number of benzene rings is 2. The van der Waals surface area contributed by atoms with Crippen LogP contribution >= 0.6 is 0 Å². The first-order valence-electron chi connectivity index (χ1n) is 7.14. The van der Waals surface area contributed by atoms with Crippen molar-refractivity contribution in [3.63, 3.8) is 0 Å². The normalized spacial score (nSPS) is 11.9. The third-order valence-corrected chi connectivity index (χ3v) is 4.02. The molecule has 7 heteroatoms. The molecule has 2 aromatic carbocycles. The first kappa shape index (κ1) is 18.1. The van der Waals surface area contributed by atoms with Crippen molar-refractivity contribution in [1.82, 2.24) is 0 Å². The van der Waals surface area contributed by atoms with Crippen LogP contribution in [0.3, 0.4) is 0 Å². The Kier molecular flexibility index (Phi) is 5.66. The molecule has 0 aromatic heterocycles. The van der Waals surface area contributed by atoms with Crippen molar-refractivity contribution >= 4 is 28.1 Å². The van der Waals surface area contributed by atoms with E-state index in [4.69, 9.17) is 0 Å². The lowest BCUT2D eigenvalue weighted by molar-refractivity contribution is 0.102. The van der Waals surface area contributed by atoms with Crippen molar-refractivity contribution in [2.75, 3.05) is 30.6 Å². The summed E-state index contributed by atoms with van der Waals surface area (Å²) in [6, 6.07) is 8.77. The van der Waals surface area contributed by atoms with Gasteiger partial charge in [-0.2, -0.15) is 0 Å². The van der Waals surface area contributed by atoms with Crippen LogP contribution in [0, 0.1) is 11.6 Å². The van der Waals surface area contributed by atoms with Gasteiger partial charge in [0.15, 0.2) is 11.6 Å². The molecule has 2 rings (SSSR count). The molecule has 0 fully saturated rings. The molecule has 0 aliphatic rings. The summed E-state index contributed by atoms with van der Waals surface area (Å²) in [7, 11) is 2.04. The molecule has 0 saturated heterocycles. The van der Waals surface area contributed by atoms with Crippen LogP contribution in [0.25, 0.3) is 0 Å². The van der Waals surface area contributed by atoms with Crippen molar-refractivity contribution in [2.45, 2.75) is 5.75 Å². The summed E-state index contributed by atoms with van der Waals surface area (Å²) in [5.74, 6) is -1.67. The standard InChI is InChI=1S/C17H18F2N2O2S/c1-21(2)16-14(18)8-13(9-15(16)19)20-17(22)12-6-4-5-11(7-12)10-24(3)23/h4-9H,10H2,1-3H3,(H,20,22)/t24-/m0/s1. The van der Waals surface area contributed by atoms with Crippen molar-refractivity contribution < 1.29 is 17.8 Å². The Balaban J connectivity index is 2.22. The van der Waals surface area contributed by atoms with Gasteiger partial charge in [0.25, 0.3) is 5.91 Å². The van der Waals surface area contributed by atoms with Gasteiger partial charge in [0.2, 0.25) is 0 Å². The van der Waals surface area contributed by atoms with Crippen LogP contribution < -0.4 is 10.2 Å². The Morgan fingerprint density at radius 3 is 2.33 bits per heavy atom. The SMILES string of the molecule is CN(C)c1c(F)cc(NC(=O)c2cccc(C[S@](C)=O)c2)cc1F. The Morgan fingerprint density at radius 1 is 1.17 bits per heavy atom. The Labute approximate surface area is 141 Å². The molecule has 0 aliphatic heterocycles. The van der Waals surface area contributed by atoms with Crippen molar-refractivity contribution in [1.29, 1.82) is 0 Å². The van der Waals surface area contributed by atoms with E-state index in [2.05, 4.69) is 5.32 Å². The van der Waals surface area contributed by atoms with Crippen LogP contribution in [0.1, 0.15) is 15.9 Å². The maximum Gasteiger partial charge on any atom is 0.255 e. The molecule has 0 radical (unpaired) electrons. The molecular formula is C17H18F2N2O2S. The highest BCUT2D eigenvalue weighted by atomic mass is 32.2. The number of amides is 1. The average Bonchev–Trinajstić information content (AvgIpc) is 2.45. The fourth-order valence-corrected chi connectivity index (χ4v) is 2.95. The van der Waals surface area contributed by atoms with E-state index in [0.29, 0.717) is 11.3 Å². The van der Waals surface area contributed by atoms with Crippen molar-refractivity contribution in [3.05, 3.63) is 59.2 Å². The van der Waals surface area contributed by atoms with Gasteiger partial charge >= 0.3 is 0 Å². The summed E-state index contributed by atoms with van der Waals surface area (Å²) in [5, 5.41) is 2.47. The third kappa shape index (κ3) is 4.38. The molecule has 0 unspecified atom stereocenters. The van der Waals surface area contributed by atoms with Gasteiger partial charge in [0.1, 0.15) is 5.69 Å². The number of nitrogens with zero attached hydrogens (tertiary/aromatic N) is 1. The largest absolute Gasteiger partial charge is 0.373 e. The van der Waals surface area contributed by atoms with Gasteiger partial charge in [-0.25, -0.2) is 8.78 Å². The van der Waals surface area contributed by atoms with Crippen LogP contribution in [0.15, 0.2) is 36.4 Å². The molecule has 24 heavy (non-hydrogen) atoms. The van der Waals surface area contributed by atoms with E-state index in [1.807, 2.05) is 0 Å². The van der Waals surface area contributed by atoms with Gasteiger partial charge < -0.3 is 10.2 Å². The first-order valence-corrected chi connectivity index (χ1v) is 8.87. The van der Waals surface area contributed by atoms with Gasteiger partial charge in [-0.1, -0.05) is 12.1 Å². The smallest absolute Gasteiger partial charge is 0.255 e. The minimum atomic E-state index is -1.02. The Morgan fingerprint density at radius 2 is 1.79 bits per heavy atom. The van der Waals surface area contributed by atoms with E-state index in [-0.39, 0.29) is 11.4 Å². The van der Waals surface area contributed by atoms with E-state index >= 15 is 0 Å². The number of rotatable bonds is 5. The van der Waals surface area contributed by atoms with E-state index < -0.39 is 28.3 Å². The average molecular weight is 352 g/mol. The quantitative estimate of drug-likeness (QED) is 0.899. The maximum absolute atomic E-state index is 14.0. The maximum atomic E-state index is 14.0. The second-order valence-electron chi connectivity index (χ2n) is 5.55. The third-order valence-electron chi connectivity index (χ3n) is 3.28. The number of carbonyl (C=O) groups excluding carboxylic acids is 1. The Bertz CT molecular complexity index is 771. The molecule has 1 atom stereocenters. The summed E-state index contributed by atoms with van der Waals surface area (Å²) in [6.07, 6.45) is 1.57. The fourth-order valence-electron chi connectivity index (χ4n) is 2.31. The molecule has 4 nitrogen and oxygen atoms in total. The van der Waals surface area contributed by atoms with Gasteiger partial charge in [-0.15, -0.1) is 0 Å². The van der Waals surface area contributed by atoms with E-state index in [9.17, 15) is 17.8 Å². The minimum absolute atomic E-state index is 0.0325. The summed E-state index contributed by atoms with van der Waals surface area (Å²) in [5.41, 5.74) is 0.949. The Hall–Kier alpha value is -2.28. The molecule has 1 amide bonds. The highest BCUT2D eigenvalue weighted by Crippen LogP contribution is 2.25. The molecule has 0 aliphatic carbocycles. The summed E-state index contributed by atoms with van der Waals surface area (Å²) < 4.78 is 39.2. The number of nitrogens with one attached hydrogen (secondary N) is 1. The van der Waals surface area contributed by atoms with Crippen LogP contribution in [0.5, 0.6) is 0 Å². The predicted molar refractivity (Wildman–Crippen MR) is 92.9 cm³/mol. The van der Waals surface area contributed by atoms with E-state index in [1.165, 1.54) is 19.0 Å². The topological polar surface area (TPSA) is 49.4 Å². The molecule has 2 aromatic rings. The zero-order valence-corrected chi connectivity index (χ0v) is 14.4. The van der Waals surface area contributed by atoms with Crippen LogP contribution in [0.2, 0.25) is 0 Å². The molecular weight excluding hydrogens is 334 g/mol. The highest BCUT2D eigenvalue weighted by molar-refractivity contribution is 7.83. The summed E-state index contributed by atoms with van der Waals surface area (Å²) >= 11 is 0. The van der Waals surface area contributed by atoms with Crippen molar-refractivity contribution in [3.8, 4) is 0 Å². The van der Waals surface area contributed by atoms with Gasteiger partial charge in [-0.05, 0) is 29.8 Å². The second-order valence-corrected chi connectivity index (χ2v) is 6.99. The zero-order chi connectivity index (χ0) is 17.9. The number of hydrogen-bond donors (Lipinski definition) is 1. The number of anilines is 2. The lowest BCUT2D eigenvalue weighted by Gasteiger charge is -2.16. The van der Waals surface area contributed by atoms with Gasteiger partial charge in [0, 0.05) is 48.2 Å². The van der Waals surface area contributed by atoms with Gasteiger partial charge in [0.05, 0.1) is 0 Å². The molecule has 128 valence electrons. The van der Waals surface area contributed by atoms with Crippen molar-refractivity contribution in [2.24, 2.45) is 0 Å². The summed E-state index contributed by atoms with van der Waals surface area (Å²) in [6.45, 7) is 0. The lowest BCUT2D eigenvalue weighted by atomic mass is 10.1. The monoisotopic (exact) mass is 352 g/mol. The second kappa shape index (κ2) is 7.53. The molecule has 0 saturated carbocycles. The number of hydrogen-bond acceptors (Lipinski definition) is 3. The predicted octanol–water partition coefficient (Wildman–Crippen LogP) is 3.16. The highest BCUT2D eigenvalue weighted by Gasteiger charge is 2.15. The summed E-state index contributed by atoms with van der Waals surface area (Å²) in [4.78, 5) is 13.6. The minimum Gasteiger partial charge on any atom is -0.373 e. The number of carbonyl (C=O) groups is 1. The van der Waals surface area contributed by atoms with Gasteiger partial charge in [-0.3, -0.25) is 9.00 Å². The molecule has 0 bridgehead atoms. The lowest BCUT2D eigenvalue weighted by Crippen LogP contribution is -2.15. The first-order chi connectivity index (χ1) is 11.3. The fraction of sp³-hybridized carbons (Fsp3) is 0.235. The van der Waals surface area contributed by atoms with E-state index in [0.717, 1.165) is 17.7 Å². The van der Waals surface area contributed by atoms with E-state index in [1.54, 1.807) is 30.5 Å². The van der Waals surface area contributed by atoms with Crippen LogP contribution in [0.4, 0.5) is 20.2 Å². The molecule has 0 heterocycles. The molecule has 1 N–H and O–H groups in total. The number of halogens is 2. The van der Waals surface area contributed by atoms with Crippen LogP contribution in [-0.2, 0) is 16.6 Å². The zero-order valence-electron chi connectivity index (χ0n) is 13.6.